The van der Waals surface area contributed by atoms with Gasteiger partial charge in [-0.3, -0.25) is 0 Å². The zero-order valence-electron chi connectivity index (χ0n) is 9.07. The van der Waals surface area contributed by atoms with Crippen molar-refractivity contribution < 1.29 is 9.50 Å². The van der Waals surface area contributed by atoms with Crippen LogP contribution in [0.5, 0.6) is 0 Å². The van der Waals surface area contributed by atoms with Crippen LogP contribution in [-0.2, 0) is 6.42 Å². The predicted octanol–water partition coefficient (Wildman–Crippen LogP) is 4.16. The van der Waals surface area contributed by atoms with Crippen LogP contribution < -0.4 is 0 Å². The van der Waals surface area contributed by atoms with Crippen LogP contribution in [0.15, 0.2) is 35.0 Å². The van der Waals surface area contributed by atoms with Gasteiger partial charge in [-0.05, 0) is 75.5 Å². The SMILES string of the molecule is OC(CCc1ccsc1)c1ccc(F)cc1I. The monoisotopic (exact) mass is 362 g/mol. The summed E-state index contributed by atoms with van der Waals surface area (Å²) in [6.45, 7) is 0. The van der Waals surface area contributed by atoms with Crippen molar-refractivity contribution in [3.8, 4) is 0 Å². The molecule has 1 aromatic carbocycles. The maximum atomic E-state index is 12.9. The molecule has 1 N–H and O–H groups in total. The summed E-state index contributed by atoms with van der Waals surface area (Å²) in [5, 5.41) is 14.2. The summed E-state index contributed by atoms with van der Waals surface area (Å²) in [5.74, 6) is -0.261. The van der Waals surface area contributed by atoms with Crippen LogP contribution in [0.3, 0.4) is 0 Å². The Morgan fingerprint density at radius 1 is 1.35 bits per heavy atom. The van der Waals surface area contributed by atoms with Crippen molar-refractivity contribution in [2.24, 2.45) is 0 Å². The third-order valence-electron chi connectivity index (χ3n) is 2.61. The molecule has 2 aromatic rings. The third-order valence-corrected chi connectivity index (χ3v) is 4.27. The molecule has 90 valence electrons. The molecule has 0 aliphatic carbocycles. The van der Waals surface area contributed by atoms with Gasteiger partial charge in [0.15, 0.2) is 0 Å². The lowest BCUT2D eigenvalue weighted by Crippen LogP contribution is -2.02. The van der Waals surface area contributed by atoms with Crippen LogP contribution in [0, 0.1) is 9.39 Å². The van der Waals surface area contributed by atoms with Gasteiger partial charge in [-0.2, -0.15) is 11.3 Å². The lowest BCUT2D eigenvalue weighted by atomic mass is 10.0. The topological polar surface area (TPSA) is 20.2 Å². The largest absolute Gasteiger partial charge is 0.388 e. The highest BCUT2D eigenvalue weighted by Crippen LogP contribution is 2.25. The first-order chi connectivity index (χ1) is 8.16. The third kappa shape index (κ3) is 3.50. The standard InChI is InChI=1S/C13H12FIOS/c14-10-2-3-11(12(15)7-10)13(16)4-1-9-5-6-17-8-9/h2-3,5-8,13,16H,1,4H2. The molecule has 0 spiro atoms. The smallest absolute Gasteiger partial charge is 0.124 e. The van der Waals surface area contributed by atoms with E-state index in [-0.39, 0.29) is 5.82 Å². The Bertz CT molecular complexity index is 484. The van der Waals surface area contributed by atoms with Gasteiger partial charge in [0.1, 0.15) is 5.82 Å². The van der Waals surface area contributed by atoms with Gasteiger partial charge in [0.25, 0.3) is 0 Å². The van der Waals surface area contributed by atoms with Gasteiger partial charge in [0, 0.05) is 3.57 Å². The van der Waals surface area contributed by atoms with E-state index in [1.165, 1.54) is 17.7 Å². The predicted molar refractivity (Wildman–Crippen MR) is 76.7 cm³/mol. The number of thiophene rings is 1. The van der Waals surface area contributed by atoms with Crippen LogP contribution in [0.25, 0.3) is 0 Å². The number of hydrogen-bond donors (Lipinski definition) is 1. The Hall–Kier alpha value is -0.460. The number of rotatable bonds is 4. The lowest BCUT2D eigenvalue weighted by Gasteiger charge is -2.12. The molecule has 0 radical (unpaired) electrons. The fraction of sp³-hybridized carbons (Fsp3) is 0.231. The zero-order chi connectivity index (χ0) is 12.3. The summed E-state index contributed by atoms with van der Waals surface area (Å²) in [5.41, 5.74) is 2.05. The lowest BCUT2D eigenvalue weighted by molar-refractivity contribution is 0.167. The first-order valence-corrected chi connectivity index (χ1v) is 7.33. The maximum Gasteiger partial charge on any atom is 0.124 e. The summed E-state index contributed by atoms with van der Waals surface area (Å²) >= 11 is 3.72. The van der Waals surface area contributed by atoms with Crippen molar-refractivity contribution in [1.82, 2.24) is 0 Å². The van der Waals surface area contributed by atoms with Crippen LogP contribution >= 0.6 is 33.9 Å². The van der Waals surface area contributed by atoms with Gasteiger partial charge in [-0.15, -0.1) is 0 Å². The van der Waals surface area contributed by atoms with E-state index in [4.69, 9.17) is 0 Å². The molecular formula is C13H12FIOS. The second kappa shape index (κ2) is 5.93. The van der Waals surface area contributed by atoms with Crippen LogP contribution in [0.1, 0.15) is 23.7 Å². The van der Waals surface area contributed by atoms with Crippen LogP contribution in [-0.4, -0.2) is 5.11 Å². The molecule has 0 aliphatic rings. The van der Waals surface area contributed by atoms with Crippen molar-refractivity contribution in [3.05, 3.63) is 55.5 Å². The van der Waals surface area contributed by atoms with E-state index < -0.39 is 6.10 Å². The van der Waals surface area contributed by atoms with E-state index in [2.05, 4.69) is 34.0 Å². The van der Waals surface area contributed by atoms with Crippen LogP contribution in [0.2, 0.25) is 0 Å². The van der Waals surface area contributed by atoms with Crippen LogP contribution in [0.4, 0.5) is 4.39 Å². The van der Waals surface area contributed by atoms with E-state index in [0.717, 1.165) is 15.6 Å². The Kier molecular flexibility index (Phi) is 4.53. The summed E-state index contributed by atoms with van der Waals surface area (Å²) in [4.78, 5) is 0. The number of aliphatic hydroxyl groups excluding tert-OH is 1. The zero-order valence-corrected chi connectivity index (χ0v) is 12.0. The Morgan fingerprint density at radius 2 is 2.18 bits per heavy atom. The number of halogens is 2. The van der Waals surface area contributed by atoms with Crippen molar-refractivity contribution in [2.45, 2.75) is 18.9 Å². The summed E-state index contributed by atoms with van der Waals surface area (Å²) in [6, 6.07) is 6.57. The van der Waals surface area contributed by atoms with E-state index >= 15 is 0 Å². The molecule has 0 fully saturated rings. The number of aliphatic hydroxyl groups is 1. The van der Waals surface area contributed by atoms with E-state index in [1.807, 2.05) is 5.38 Å². The number of hydrogen-bond acceptors (Lipinski definition) is 2. The minimum atomic E-state index is -0.526. The van der Waals surface area contributed by atoms with Crippen molar-refractivity contribution in [3.63, 3.8) is 0 Å². The molecular weight excluding hydrogens is 350 g/mol. The van der Waals surface area contributed by atoms with E-state index in [0.29, 0.717) is 6.42 Å². The van der Waals surface area contributed by atoms with Gasteiger partial charge >= 0.3 is 0 Å². The number of aryl methyl sites for hydroxylation is 1. The van der Waals surface area contributed by atoms with E-state index in [9.17, 15) is 9.50 Å². The molecule has 0 amide bonds. The van der Waals surface area contributed by atoms with Gasteiger partial charge in [-0.25, -0.2) is 4.39 Å². The molecule has 1 aromatic heterocycles. The summed E-state index contributed by atoms with van der Waals surface area (Å²) in [6.07, 6.45) is 0.985. The fourth-order valence-electron chi connectivity index (χ4n) is 1.67. The highest BCUT2D eigenvalue weighted by atomic mass is 127. The minimum Gasteiger partial charge on any atom is -0.388 e. The molecule has 0 aliphatic heterocycles. The summed E-state index contributed by atoms with van der Waals surface area (Å²) < 4.78 is 13.7. The Labute approximate surface area is 117 Å². The van der Waals surface area contributed by atoms with Gasteiger partial charge in [-0.1, -0.05) is 6.07 Å². The molecule has 17 heavy (non-hydrogen) atoms. The first kappa shape index (κ1) is 13.0. The molecule has 2 rings (SSSR count). The van der Waals surface area contributed by atoms with Gasteiger partial charge < -0.3 is 5.11 Å². The quantitative estimate of drug-likeness (QED) is 0.810. The highest BCUT2D eigenvalue weighted by Gasteiger charge is 2.12. The van der Waals surface area contributed by atoms with Gasteiger partial charge in [0.2, 0.25) is 0 Å². The molecule has 1 heterocycles. The molecule has 4 heteroatoms. The first-order valence-electron chi connectivity index (χ1n) is 5.31. The summed E-state index contributed by atoms with van der Waals surface area (Å²) in [7, 11) is 0. The average molecular weight is 362 g/mol. The van der Waals surface area contributed by atoms with Crippen molar-refractivity contribution >= 4 is 33.9 Å². The molecule has 0 saturated carbocycles. The Balaban J connectivity index is 2.01. The average Bonchev–Trinajstić information content (AvgIpc) is 2.78. The van der Waals surface area contributed by atoms with Crippen molar-refractivity contribution in [2.75, 3.05) is 0 Å². The van der Waals surface area contributed by atoms with Crippen molar-refractivity contribution in [1.29, 1.82) is 0 Å². The number of benzene rings is 1. The second-order valence-corrected chi connectivity index (χ2v) is 5.79. The van der Waals surface area contributed by atoms with E-state index in [1.54, 1.807) is 17.4 Å². The molecule has 1 atom stereocenters. The molecule has 0 saturated heterocycles. The van der Waals surface area contributed by atoms with Gasteiger partial charge in [0.05, 0.1) is 6.10 Å². The highest BCUT2D eigenvalue weighted by molar-refractivity contribution is 14.1. The second-order valence-electron chi connectivity index (χ2n) is 3.85. The fourth-order valence-corrected chi connectivity index (χ4v) is 3.21. The molecule has 1 nitrogen and oxygen atoms in total. The Morgan fingerprint density at radius 3 is 2.82 bits per heavy atom. The minimum absolute atomic E-state index is 0.261. The molecule has 1 unspecified atom stereocenters. The molecule has 0 bridgehead atoms. The normalized spacial score (nSPS) is 12.6. The maximum absolute atomic E-state index is 12.9.